The Kier molecular flexibility index (Phi) is 4.15. The number of nitrogens with two attached hydrogens (primary N) is 1. The molecule has 1 aromatic rings. The molecule has 0 aliphatic carbocycles. The third kappa shape index (κ3) is 3.24. The summed E-state index contributed by atoms with van der Waals surface area (Å²) in [6.07, 6.45) is 0. The number of hydrogen-bond acceptors (Lipinski definition) is 2. The summed E-state index contributed by atoms with van der Waals surface area (Å²) in [5.74, 6) is 1.42. The lowest BCUT2D eigenvalue weighted by Crippen LogP contribution is -2.18. The van der Waals surface area contributed by atoms with Crippen LogP contribution in [-0.2, 0) is 0 Å². The lowest BCUT2D eigenvalue weighted by atomic mass is 10.1. The fourth-order valence-electron chi connectivity index (χ4n) is 1.69. The van der Waals surface area contributed by atoms with Crippen molar-refractivity contribution in [3.8, 4) is 5.75 Å². The van der Waals surface area contributed by atoms with Gasteiger partial charge in [0.1, 0.15) is 5.75 Å². The van der Waals surface area contributed by atoms with Gasteiger partial charge in [-0.1, -0.05) is 24.6 Å². The van der Waals surface area contributed by atoms with Crippen molar-refractivity contribution in [3.05, 3.63) is 28.8 Å². The Balaban J connectivity index is 2.77. The van der Waals surface area contributed by atoms with E-state index in [2.05, 4.69) is 39.8 Å². The van der Waals surface area contributed by atoms with Crippen LogP contribution >= 0.6 is 0 Å². The van der Waals surface area contributed by atoms with Crippen LogP contribution in [0.5, 0.6) is 5.75 Å². The minimum absolute atomic E-state index is 0.408. The summed E-state index contributed by atoms with van der Waals surface area (Å²) in [5, 5.41) is 0. The zero-order valence-corrected chi connectivity index (χ0v) is 10.1. The van der Waals surface area contributed by atoms with E-state index in [4.69, 9.17) is 10.5 Å². The highest BCUT2D eigenvalue weighted by Gasteiger charge is 2.06. The first-order valence-electron chi connectivity index (χ1n) is 5.45. The molecule has 0 saturated carbocycles. The second-order valence-corrected chi connectivity index (χ2v) is 4.38. The third-order valence-electron chi connectivity index (χ3n) is 2.52. The largest absolute Gasteiger partial charge is 0.493 e. The summed E-state index contributed by atoms with van der Waals surface area (Å²) in [6.45, 7) is 9.74. The number of hydrogen-bond donors (Lipinski definition) is 1. The van der Waals surface area contributed by atoms with E-state index in [0.717, 1.165) is 5.75 Å². The highest BCUT2D eigenvalue weighted by Crippen LogP contribution is 2.24. The summed E-state index contributed by atoms with van der Waals surface area (Å²) < 4.78 is 5.80. The SMILES string of the molecule is Cc1cc(C)c(OCC(C)CN)c(C)c1. The van der Waals surface area contributed by atoms with Crippen molar-refractivity contribution in [1.29, 1.82) is 0 Å². The third-order valence-corrected chi connectivity index (χ3v) is 2.52. The van der Waals surface area contributed by atoms with E-state index in [1.54, 1.807) is 0 Å². The van der Waals surface area contributed by atoms with E-state index in [1.165, 1.54) is 16.7 Å². The topological polar surface area (TPSA) is 35.2 Å². The van der Waals surface area contributed by atoms with Gasteiger partial charge in [-0.05, 0) is 38.4 Å². The maximum absolute atomic E-state index is 5.80. The van der Waals surface area contributed by atoms with Crippen molar-refractivity contribution in [2.45, 2.75) is 27.7 Å². The maximum Gasteiger partial charge on any atom is 0.125 e. The monoisotopic (exact) mass is 207 g/mol. The Morgan fingerprint density at radius 2 is 1.73 bits per heavy atom. The van der Waals surface area contributed by atoms with Crippen molar-refractivity contribution in [3.63, 3.8) is 0 Å². The van der Waals surface area contributed by atoms with Gasteiger partial charge in [-0.2, -0.15) is 0 Å². The van der Waals surface area contributed by atoms with Crippen LogP contribution in [0, 0.1) is 26.7 Å². The molecule has 0 radical (unpaired) electrons. The van der Waals surface area contributed by atoms with Gasteiger partial charge in [0, 0.05) is 5.92 Å². The normalized spacial score (nSPS) is 12.6. The summed E-state index contributed by atoms with van der Waals surface area (Å²) in [4.78, 5) is 0. The molecule has 1 aromatic carbocycles. The molecule has 2 nitrogen and oxygen atoms in total. The molecular formula is C13H21NO. The summed E-state index contributed by atoms with van der Waals surface area (Å²) in [6, 6.07) is 4.30. The Morgan fingerprint density at radius 3 is 2.20 bits per heavy atom. The van der Waals surface area contributed by atoms with Crippen LogP contribution in [0.4, 0.5) is 0 Å². The lowest BCUT2D eigenvalue weighted by molar-refractivity contribution is 0.261. The zero-order chi connectivity index (χ0) is 11.4. The molecule has 0 aromatic heterocycles. The standard InChI is InChI=1S/C13H21NO/c1-9-5-11(3)13(12(4)6-9)15-8-10(2)7-14/h5-6,10H,7-8,14H2,1-4H3. The molecule has 1 unspecified atom stereocenters. The summed E-state index contributed by atoms with van der Waals surface area (Å²) in [5.41, 5.74) is 9.25. The van der Waals surface area contributed by atoms with Gasteiger partial charge in [0.15, 0.2) is 0 Å². The average Bonchev–Trinajstić information content (AvgIpc) is 2.15. The quantitative estimate of drug-likeness (QED) is 0.823. The van der Waals surface area contributed by atoms with Gasteiger partial charge in [-0.25, -0.2) is 0 Å². The Bertz CT molecular complexity index is 310. The van der Waals surface area contributed by atoms with Crippen LogP contribution in [0.2, 0.25) is 0 Å². The van der Waals surface area contributed by atoms with Gasteiger partial charge in [0.05, 0.1) is 6.61 Å². The zero-order valence-electron chi connectivity index (χ0n) is 10.1. The first-order valence-corrected chi connectivity index (χ1v) is 5.45. The van der Waals surface area contributed by atoms with Gasteiger partial charge in [0.2, 0.25) is 0 Å². The molecule has 84 valence electrons. The minimum Gasteiger partial charge on any atom is -0.493 e. The highest BCUT2D eigenvalue weighted by atomic mass is 16.5. The molecule has 2 N–H and O–H groups in total. The Hall–Kier alpha value is -1.02. The molecule has 15 heavy (non-hydrogen) atoms. The molecule has 0 saturated heterocycles. The highest BCUT2D eigenvalue weighted by molar-refractivity contribution is 5.42. The number of ether oxygens (including phenoxy) is 1. The first-order chi connectivity index (χ1) is 7.04. The average molecular weight is 207 g/mol. The van der Waals surface area contributed by atoms with Crippen molar-refractivity contribution < 1.29 is 4.74 Å². The first kappa shape index (κ1) is 12.1. The second-order valence-electron chi connectivity index (χ2n) is 4.38. The minimum atomic E-state index is 0.408. The van der Waals surface area contributed by atoms with Crippen molar-refractivity contribution in [1.82, 2.24) is 0 Å². The van der Waals surface area contributed by atoms with E-state index in [1.807, 2.05) is 0 Å². The molecule has 2 heteroatoms. The fourth-order valence-corrected chi connectivity index (χ4v) is 1.69. The number of aryl methyl sites for hydroxylation is 3. The van der Waals surface area contributed by atoms with Crippen LogP contribution in [0.1, 0.15) is 23.6 Å². The van der Waals surface area contributed by atoms with Crippen molar-refractivity contribution in [2.24, 2.45) is 11.7 Å². The summed E-state index contributed by atoms with van der Waals surface area (Å²) in [7, 11) is 0. The molecule has 0 heterocycles. The van der Waals surface area contributed by atoms with E-state index in [9.17, 15) is 0 Å². The van der Waals surface area contributed by atoms with Crippen molar-refractivity contribution >= 4 is 0 Å². The molecule has 0 bridgehead atoms. The molecule has 0 amide bonds. The molecule has 0 spiro atoms. The van der Waals surface area contributed by atoms with Gasteiger partial charge in [-0.15, -0.1) is 0 Å². The Labute approximate surface area is 92.4 Å². The predicted molar refractivity (Wildman–Crippen MR) is 64.4 cm³/mol. The van der Waals surface area contributed by atoms with Gasteiger partial charge in [0.25, 0.3) is 0 Å². The van der Waals surface area contributed by atoms with Crippen LogP contribution in [0.3, 0.4) is 0 Å². The molecule has 0 aliphatic rings. The summed E-state index contributed by atoms with van der Waals surface area (Å²) >= 11 is 0. The lowest BCUT2D eigenvalue weighted by Gasteiger charge is -2.15. The molecule has 0 aliphatic heterocycles. The van der Waals surface area contributed by atoms with Gasteiger partial charge >= 0.3 is 0 Å². The molecule has 0 fully saturated rings. The van der Waals surface area contributed by atoms with E-state index in [-0.39, 0.29) is 0 Å². The van der Waals surface area contributed by atoms with Crippen LogP contribution < -0.4 is 10.5 Å². The van der Waals surface area contributed by atoms with E-state index >= 15 is 0 Å². The fraction of sp³-hybridized carbons (Fsp3) is 0.538. The van der Waals surface area contributed by atoms with Crippen LogP contribution in [0.25, 0.3) is 0 Å². The molecular weight excluding hydrogens is 186 g/mol. The molecule has 1 atom stereocenters. The number of benzene rings is 1. The van der Waals surface area contributed by atoms with E-state index < -0.39 is 0 Å². The predicted octanol–water partition coefficient (Wildman–Crippen LogP) is 2.59. The van der Waals surface area contributed by atoms with E-state index in [0.29, 0.717) is 19.1 Å². The maximum atomic E-state index is 5.80. The molecule has 1 rings (SSSR count). The van der Waals surface area contributed by atoms with Gasteiger partial charge < -0.3 is 10.5 Å². The second kappa shape index (κ2) is 5.17. The van der Waals surface area contributed by atoms with Gasteiger partial charge in [-0.3, -0.25) is 0 Å². The van der Waals surface area contributed by atoms with Crippen LogP contribution in [-0.4, -0.2) is 13.2 Å². The Morgan fingerprint density at radius 1 is 1.20 bits per heavy atom. The van der Waals surface area contributed by atoms with Crippen molar-refractivity contribution in [2.75, 3.05) is 13.2 Å². The van der Waals surface area contributed by atoms with Crippen LogP contribution in [0.15, 0.2) is 12.1 Å². The number of rotatable bonds is 4. The smallest absolute Gasteiger partial charge is 0.125 e.